The second kappa shape index (κ2) is 6.49. The minimum atomic E-state index is -3.68. The first kappa shape index (κ1) is 19.1. The van der Waals surface area contributed by atoms with Gasteiger partial charge in [-0.15, -0.1) is 0 Å². The molecule has 0 spiro atoms. The van der Waals surface area contributed by atoms with Gasteiger partial charge in [0.05, 0.1) is 23.7 Å². The van der Waals surface area contributed by atoms with Gasteiger partial charge in [0.15, 0.2) is 21.5 Å². The molecule has 0 bridgehead atoms. The fraction of sp³-hybridized carbons (Fsp3) is 0.333. The highest BCUT2D eigenvalue weighted by atomic mass is 32.2. The highest BCUT2D eigenvalue weighted by Crippen LogP contribution is 2.34. The molecular weight excluding hydrogens is 371 g/mol. The average Bonchev–Trinajstić information content (AvgIpc) is 3.02. The molecule has 3 aromatic rings. The number of hydrogen-bond acceptors (Lipinski definition) is 6. The van der Waals surface area contributed by atoms with E-state index in [-0.39, 0.29) is 16.5 Å². The van der Waals surface area contributed by atoms with Gasteiger partial charge >= 0.3 is 0 Å². The first-order chi connectivity index (χ1) is 12.6. The number of hydrogen-bond donors (Lipinski definition) is 1. The molecule has 3 heterocycles. The summed E-state index contributed by atoms with van der Waals surface area (Å²) in [5, 5.41) is 2.66. The second-order valence-electron chi connectivity index (χ2n) is 7.00. The zero-order valence-corrected chi connectivity index (χ0v) is 16.6. The van der Waals surface area contributed by atoms with Gasteiger partial charge in [-0.2, -0.15) is 0 Å². The predicted octanol–water partition coefficient (Wildman–Crippen LogP) is 3.16. The van der Waals surface area contributed by atoms with Crippen LogP contribution in [-0.4, -0.2) is 41.7 Å². The van der Waals surface area contributed by atoms with Crippen LogP contribution in [-0.2, 0) is 9.84 Å². The van der Waals surface area contributed by atoms with E-state index >= 15 is 0 Å². The molecule has 0 fully saturated rings. The van der Waals surface area contributed by atoms with Crippen LogP contribution in [0.2, 0.25) is 0 Å². The Morgan fingerprint density at radius 2 is 1.89 bits per heavy atom. The van der Waals surface area contributed by atoms with Crippen molar-refractivity contribution < 1.29 is 17.5 Å². The summed E-state index contributed by atoms with van der Waals surface area (Å²) >= 11 is 0. The fourth-order valence-electron chi connectivity index (χ4n) is 2.65. The summed E-state index contributed by atoms with van der Waals surface area (Å²) in [5.74, 6) is -0.171. The summed E-state index contributed by atoms with van der Waals surface area (Å²) in [6.07, 6.45) is 4.50. The van der Waals surface area contributed by atoms with E-state index < -0.39 is 20.4 Å². The van der Waals surface area contributed by atoms with Gasteiger partial charge < -0.3 is 10.1 Å². The smallest absolute Gasteiger partial charge is 0.188 e. The maximum absolute atomic E-state index is 14.1. The molecule has 0 unspecified atom stereocenters. The first-order valence-corrected chi connectivity index (χ1v) is 9.72. The number of sulfone groups is 1. The number of nitrogens with one attached hydrogen (secondary N) is 1. The van der Waals surface area contributed by atoms with Crippen molar-refractivity contribution in [1.29, 1.82) is 0 Å². The summed E-state index contributed by atoms with van der Waals surface area (Å²) < 4.78 is 46.0. The molecule has 0 saturated carbocycles. The monoisotopic (exact) mass is 392 g/mol. The van der Waals surface area contributed by atoms with Crippen LogP contribution in [0.3, 0.4) is 0 Å². The van der Waals surface area contributed by atoms with E-state index in [1.54, 1.807) is 38.3 Å². The minimum Gasteiger partial charge on any atom is -0.495 e. The maximum atomic E-state index is 14.1. The number of halogens is 1. The summed E-state index contributed by atoms with van der Waals surface area (Å²) in [5.41, 5.74) is 1.48. The van der Waals surface area contributed by atoms with E-state index in [0.29, 0.717) is 16.9 Å². The van der Waals surface area contributed by atoms with Gasteiger partial charge in [0.2, 0.25) is 0 Å². The van der Waals surface area contributed by atoms with Gasteiger partial charge in [0, 0.05) is 31.1 Å². The number of aromatic nitrogens is 3. The number of rotatable bonds is 4. The van der Waals surface area contributed by atoms with Crippen molar-refractivity contribution in [3.05, 3.63) is 36.5 Å². The van der Waals surface area contributed by atoms with E-state index in [4.69, 9.17) is 4.74 Å². The molecular formula is C18H21FN4O3S. The molecule has 0 saturated heterocycles. The van der Waals surface area contributed by atoms with Crippen LogP contribution in [0, 0.1) is 5.82 Å². The number of nitrogens with zero attached hydrogens (tertiary/aromatic N) is 3. The fourth-order valence-corrected chi connectivity index (χ4v) is 3.96. The Balaban J connectivity index is 2.27. The Morgan fingerprint density at radius 1 is 1.19 bits per heavy atom. The Kier molecular flexibility index (Phi) is 4.59. The van der Waals surface area contributed by atoms with Crippen molar-refractivity contribution >= 4 is 21.3 Å². The van der Waals surface area contributed by atoms with Crippen LogP contribution in [0.25, 0.3) is 16.9 Å². The largest absolute Gasteiger partial charge is 0.495 e. The normalized spacial score (nSPS) is 12.4. The lowest BCUT2D eigenvalue weighted by Crippen LogP contribution is -2.28. The molecule has 0 radical (unpaired) electrons. The van der Waals surface area contributed by atoms with Crippen LogP contribution in [0.5, 0.6) is 5.75 Å². The van der Waals surface area contributed by atoms with Gasteiger partial charge in [-0.3, -0.25) is 4.40 Å². The third-order valence-electron chi connectivity index (χ3n) is 4.26. The molecule has 0 aliphatic heterocycles. The maximum Gasteiger partial charge on any atom is 0.188 e. The molecule has 0 amide bonds. The molecule has 0 aliphatic carbocycles. The molecule has 7 nitrogen and oxygen atoms in total. The lowest BCUT2D eigenvalue weighted by atomic mass is 10.2. The number of fused-ring (bicyclic) bond motifs is 1. The van der Waals surface area contributed by atoms with Crippen LogP contribution in [0.1, 0.15) is 20.8 Å². The van der Waals surface area contributed by atoms with E-state index in [2.05, 4.69) is 15.3 Å². The quantitative estimate of drug-likeness (QED) is 0.734. The van der Waals surface area contributed by atoms with Gasteiger partial charge in [-0.25, -0.2) is 22.8 Å². The third-order valence-corrected chi connectivity index (χ3v) is 6.76. The van der Waals surface area contributed by atoms with E-state index in [0.717, 1.165) is 0 Å². The van der Waals surface area contributed by atoms with E-state index in [9.17, 15) is 12.8 Å². The molecule has 9 heteroatoms. The van der Waals surface area contributed by atoms with Crippen LogP contribution >= 0.6 is 0 Å². The van der Waals surface area contributed by atoms with Crippen LogP contribution in [0.4, 0.5) is 10.2 Å². The zero-order chi connectivity index (χ0) is 20.0. The lowest BCUT2D eigenvalue weighted by molar-refractivity contribution is 0.401. The lowest BCUT2D eigenvalue weighted by Gasteiger charge is -2.21. The highest BCUT2D eigenvalue weighted by Gasteiger charge is 2.34. The zero-order valence-electron chi connectivity index (χ0n) is 15.7. The number of pyridine rings is 2. The van der Waals surface area contributed by atoms with Gasteiger partial charge in [0.25, 0.3) is 0 Å². The average molecular weight is 392 g/mol. The Hall–Kier alpha value is -2.68. The topological polar surface area (TPSA) is 85.6 Å². The Labute approximate surface area is 157 Å². The van der Waals surface area contributed by atoms with Crippen LogP contribution in [0.15, 0.2) is 35.6 Å². The van der Waals surface area contributed by atoms with Gasteiger partial charge in [0.1, 0.15) is 16.3 Å². The molecule has 0 aromatic carbocycles. The number of ether oxygens (including phenoxy) is 1. The van der Waals surface area contributed by atoms with Crippen molar-refractivity contribution in [1.82, 2.24) is 14.4 Å². The Morgan fingerprint density at radius 3 is 2.44 bits per heavy atom. The van der Waals surface area contributed by atoms with Crippen molar-refractivity contribution in [2.75, 3.05) is 19.5 Å². The van der Waals surface area contributed by atoms with Crippen molar-refractivity contribution in [3.63, 3.8) is 0 Å². The second-order valence-corrected chi connectivity index (χ2v) is 9.67. The molecule has 3 aromatic heterocycles. The van der Waals surface area contributed by atoms with E-state index in [1.165, 1.54) is 31.8 Å². The van der Waals surface area contributed by atoms with Crippen LogP contribution < -0.4 is 10.1 Å². The standard InChI is InChI=1S/C18H21FN4O3S/c1-18(2,3)27(24,25)15-10-23-13(9-21-16(23)7-14(15)26-5)11-6-12(19)17(20-4)22-8-11/h6-10H,1-5H3,(H,20,22). The minimum absolute atomic E-state index is 0.0459. The summed E-state index contributed by atoms with van der Waals surface area (Å²) in [7, 11) is -0.691. The van der Waals surface area contributed by atoms with Gasteiger partial charge in [-0.05, 0) is 26.8 Å². The summed E-state index contributed by atoms with van der Waals surface area (Å²) in [4.78, 5) is 8.36. The SMILES string of the molecule is CNc1ncc(-c2cnc3cc(OC)c(S(=O)(=O)C(C)(C)C)cn23)cc1F. The molecule has 27 heavy (non-hydrogen) atoms. The molecule has 0 atom stereocenters. The van der Waals surface area contributed by atoms with Crippen molar-refractivity contribution in [2.24, 2.45) is 0 Å². The summed E-state index contributed by atoms with van der Waals surface area (Å²) in [6, 6.07) is 2.87. The molecule has 3 rings (SSSR count). The molecule has 144 valence electrons. The predicted molar refractivity (Wildman–Crippen MR) is 101 cm³/mol. The Bertz CT molecular complexity index is 1120. The molecule has 0 aliphatic rings. The number of imidazole rings is 1. The van der Waals surface area contributed by atoms with Crippen molar-refractivity contribution in [3.8, 4) is 17.0 Å². The van der Waals surface area contributed by atoms with Gasteiger partial charge in [-0.1, -0.05) is 0 Å². The molecule has 1 N–H and O–H groups in total. The van der Waals surface area contributed by atoms with E-state index in [1.807, 2.05) is 0 Å². The summed E-state index contributed by atoms with van der Waals surface area (Å²) in [6.45, 7) is 4.86. The number of anilines is 1. The van der Waals surface area contributed by atoms with Crippen molar-refractivity contribution in [2.45, 2.75) is 30.4 Å². The third kappa shape index (κ3) is 3.12. The number of methoxy groups -OCH3 is 1. The highest BCUT2D eigenvalue weighted by molar-refractivity contribution is 7.92. The first-order valence-electron chi connectivity index (χ1n) is 8.23.